The summed E-state index contributed by atoms with van der Waals surface area (Å²) in [7, 11) is -5.18. The van der Waals surface area contributed by atoms with Crippen LogP contribution in [0.15, 0.2) is 58.3 Å². The number of hydrogen-bond donors (Lipinski definition) is 3. The van der Waals surface area contributed by atoms with Crippen LogP contribution in [0.4, 0.5) is 17.6 Å². The number of carbonyl (C=O) groups excluding carboxylic acids is 1. The Morgan fingerprint density at radius 3 is 2.51 bits per heavy atom. The van der Waals surface area contributed by atoms with E-state index in [1.165, 1.54) is 32.9 Å². The van der Waals surface area contributed by atoms with Crippen molar-refractivity contribution < 1.29 is 50.5 Å². The molecule has 1 saturated heterocycles. The number of H-pyrrole nitrogens is 1. The van der Waals surface area contributed by atoms with Gasteiger partial charge in [0.1, 0.15) is 24.1 Å². The third kappa shape index (κ3) is 7.51. The monoisotopic (exact) mass is 633 g/mol. The molecule has 1 aliphatic rings. The molecule has 0 bridgehead atoms. The maximum Gasteiger partial charge on any atom is 0.460 e. The molecule has 12 nitrogen and oxygen atoms in total. The van der Waals surface area contributed by atoms with Gasteiger partial charge in [0.15, 0.2) is 6.10 Å². The number of carbonyl (C=O) groups is 1. The number of benzene rings is 2. The van der Waals surface area contributed by atoms with Gasteiger partial charge in [-0.05, 0) is 32.2 Å². The highest BCUT2D eigenvalue weighted by atomic mass is 31.2. The summed E-state index contributed by atoms with van der Waals surface area (Å²) in [4.78, 5) is 37.7. The van der Waals surface area contributed by atoms with Crippen molar-refractivity contribution in [1.29, 1.82) is 0 Å². The summed E-state index contributed by atoms with van der Waals surface area (Å²) < 4.78 is 92.8. The molecule has 17 heteroatoms. The molecule has 0 saturated carbocycles. The Kier molecular flexibility index (Phi) is 9.47. The van der Waals surface area contributed by atoms with Crippen LogP contribution in [0.1, 0.15) is 33.4 Å². The summed E-state index contributed by atoms with van der Waals surface area (Å²) in [6.45, 7) is 4.23. The Balaban J connectivity index is 1.71. The van der Waals surface area contributed by atoms with Crippen molar-refractivity contribution >= 4 is 24.5 Å². The van der Waals surface area contributed by atoms with Crippen LogP contribution in [0.25, 0.3) is 10.8 Å². The number of halogens is 4. The maximum atomic E-state index is 14.5. The molecule has 43 heavy (non-hydrogen) atoms. The van der Waals surface area contributed by atoms with Gasteiger partial charge in [0.2, 0.25) is 5.82 Å². The van der Waals surface area contributed by atoms with E-state index in [-0.39, 0.29) is 5.75 Å². The molecule has 2 aromatic carbocycles. The van der Waals surface area contributed by atoms with E-state index in [0.717, 1.165) is 0 Å². The summed E-state index contributed by atoms with van der Waals surface area (Å²) in [6.07, 6.45) is -15.3. The molecule has 4 rings (SSSR count). The van der Waals surface area contributed by atoms with Crippen LogP contribution in [-0.4, -0.2) is 57.3 Å². The Hall–Kier alpha value is -3.56. The van der Waals surface area contributed by atoms with E-state index in [0.29, 0.717) is 21.5 Å². The highest BCUT2D eigenvalue weighted by Gasteiger charge is 2.56. The van der Waals surface area contributed by atoms with Crippen molar-refractivity contribution in [2.75, 3.05) is 0 Å². The van der Waals surface area contributed by atoms with E-state index in [1.807, 2.05) is 0 Å². The minimum absolute atomic E-state index is 0.152. The van der Waals surface area contributed by atoms with Gasteiger partial charge in [0.25, 0.3) is 5.56 Å². The molecule has 1 fully saturated rings. The lowest BCUT2D eigenvalue weighted by molar-refractivity contribution is -0.237. The van der Waals surface area contributed by atoms with Crippen molar-refractivity contribution in [2.45, 2.75) is 70.1 Å². The van der Waals surface area contributed by atoms with Crippen molar-refractivity contribution in [3.8, 4) is 5.75 Å². The second kappa shape index (κ2) is 12.6. The molecule has 1 aliphatic heterocycles. The molecular formula is C26H28F4N3O9P. The molecule has 0 amide bonds. The number of hydrogen-bond acceptors (Lipinski definition) is 9. The highest BCUT2D eigenvalue weighted by Crippen LogP contribution is 2.51. The predicted molar refractivity (Wildman–Crippen MR) is 143 cm³/mol. The van der Waals surface area contributed by atoms with Crippen LogP contribution in [0.5, 0.6) is 5.75 Å². The minimum Gasteiger partial charge on any atom is -0.462 e. The smallest absolute Gasteiger partial charge is 0.460 e. The first-order valence-electron chi connectivity index (χ1n) is 12.9. The number of alkyl halides is 3. The Morgan fingerprint density at radius 1 is 1.16 bits per heavy atom. The number of nitrogens with zero attached hydrogens (tertiary/aromatic N) is 1. The summed E-state index contributed by atoms with van der Waals surface area (Å²) in [5.41, 5.74) is -2.58. The van der Waals surface area contributed by atoms with Gasteiger partial charge in [0, 0.05) is 11.8 Å². The normalized spacial score (nSPS) is 21.8. The topological polar surface area (TPSA) is 158 Å². The van der Waals surface area contributed by atoms with Crippen LogP contribution < -0.4 is 20.9 Å². The van der Waals surface area contributed by atoms with Gasteiger partial charge in [-0.3, -0.25) is 23.7 Å². The minimum atomic E-state index is -5.36. The molecule has 234 valence electrons. The van der Waals surface area contributed by atoms with Crippen LogP contribution in [0, 0.1) is 5.82 Å². The standard InChI is InChI=1S/C26H28F4N3O9P/c1-13(2)39-24(36)14(3)32-43(38,41-19-10-6-8-15-7-4-5-9-16(15)19)42-22(26(28,29)30)21-18(34)11-20(40-21)33-12-17(27)23(35)31-25(33)37/h4-10,12-14,18,20-22,34H,11H2,1-3H3,(H,32,38)(H,31,35,37)/t14-,18?,20+,21-,22-,43+/m0/s1. The van der Waals surface area contributed by atoms with Crippen molar-refractivity contribution in [2.24, 2.45) is 0 Å². The third-order valence-electron chi connectivity index (χ3n) is 6.27. The summed E-state index contributed by atoms with van der Waals surface area (Å²) in [5.74, 6) is -2.55. The first kappa shape index (κ1) is 32.4. The third-order valence-corrected chi connectivity index (χ3v) is 7.92. The fourth-order valence-electron chi connectivity index (χ4n) is 4.36. The number of aliphatic hydroxyl groups is 1. The molecule has 2 heterocycles. The number of aliphatic hydroxyl groups excluding tert-OH is 1. The fraction of sp³-hybridized carbons (Fsp3) is 0.423. The molecule has 6 atom stereocenters. The van der Waals surface area contributed by atoms with Crippen LogP contribution in [0.3, 0.4) is 0 Å². The van der Waals surface area contributed by atoms with Crippen LogP contribution >= 0.6 is 7.75 Å². The zero-order valence-electron chi connectivity index (χ0n) is 22.9. The second-order valence-electron chi connectivity index (χ2n) is 9.97. The van der Waals surface area contributed by atoms with E-state index in [4.69, 9.17) is 18.5 Å². The van der Waals surface area contributed by atoms with E-state index in [1.54, 1.807) is 35.3 Å². The van der Waals surface area contributed by atoms with E-state index < -0.39 is 80.1 Å². The SMILES string of the molecule is CC(C)OC(=O)[C@H](C)N[P@@](=O)(Oc1cccc2ccccc12)O[C@@H]([C@H]1O[C@@H](n2cc(F)c(=O)[nH]c2=O)CC1O)C(F)(F)F. The zero-order valence-corrected chi connectivity index (χ0v) is 23.8. The summed E-state index contributed by atoms with van der Waals surface area (Å²) >= 11 is 0. The summed E-state index contributed by atoms with van der Waals surface area (Å²) in [6, 6.07) is 9.53. The lowest BCUT2D eigenvalue weighted by Gasteiger charge is -2.32. The fourth-order valence-corrected chi connectivity index (χ4v) is 6.05. The number of nitrogens with one attached hydrogen (secondary N) is 2. The Morgan fingerprint density at radius 2 is 1.84 bits per heavy atom. The van der Waals surface area contributed by atoms with Gasteiger partial charge < -0.3 is 19.1 Å². The van der Waals surface area contributed by atoms with Gasteiger partial charge in [-0.25, -0.2) is 9.36 Å². The first-order valence-corrected chi connectivity index (χ1v) is 14.5. The van der Waals surface area contributed by atoms with Crippen LogP contribution in [-0.2, 0) is 23.4 Å². The van der Waals surface area contributed by atoms with Crippen molar-refractivity contribution in [1.82, 2.24) is 14.6 Å². The molecule has 1 unspecified atom stereocenters. The average molecular weight is 633 g/mol. The largest absolute Gasteiger partial charge is 0.462 e. The van der Waals surface area contributed by atoms with Gasteiger partial charge in [-0.15, -0.1) is 0 Å². The van der Waals surface area contributed by atoms with E-state index in [9.17, 15) is 41.6 Å². The van der Waals surface area contributed by atoms with Crippen molar-refractivity contribution in [3.63, 3.8) is 0 Å². The van der Waals surface area contributed by atoms with Crippen molar-refractivity contribution in [3.05, 3.63) is 75.3 Å². The quantitative estimate of drug-likeness (QED) is 0.171. The van der Waals surface area contributed by atoms with E-state index in [2.05, 4.69) is 5.09 Å². The van der Waals surface area contributed by atoms with E-state index >= 15 is 0 Å². The molecule has 0 aliphatic carbocycles. The molecule has 1 aromatic heterocycles. The Bertz CT molecular complexity index is 1640. The number of fused-ring (bicyclic) bond motifs is 1. The molecule has 3 aromatic rings. The molecular weight excluding hydrogens is 605 g/mol. The zero-order chi connectivity index (χ0) is 31.7. The first-order chi connectivity index (χ1) is 20.1. The Labute approximate surface area is 241 Å². The molecule has 3 N–H and O–H groups in total. The predicted octanol–water partition coefficient (Wildman–Crippen LogP) is 3.54. The maximum absolute atomic E-state index is 14.5. The lowest BCUT2D eigenvalue weighted by Crippen LogP contribution is -2.48. The lowest BCUT2D eigenvalue weighted by atomic mass is 10.1. The number of esters is 1. The number of ether oxygens (including phenoxy) is 2. The van der Waals surface area contributed by atoms with Gasteiger partial charge in [0.05, 0.1) is 18.4 Å². The van der Waals surface area contributed by atoms with Gasteiger partial charge >= 0.3 is 25.6 Å². The van der Waals surface area contributed by atoms with Gasteiger partial charge in [-0.2, -0.15) is 22.6 Å². The second-order valence-corrected chi connectivity index (χ2v) is 11.6. The van der Waals surface area contributed by atoms with Crippen LogP contribution in [0.2, 0.25) is 0 Å². The molecule has 0 radical (unpaired) electrons. The molecule has 0 spiro atoms. The number of aromatic amines is 1. The average Bonchev–Trinajstić information content (AvgIpc) is 3.29. The summed E-state index contributed by atoms with van der Waals surface area (Å²) in [5, 5.41) is 13.7. The highest BCUT2D eigenvalue weighted by molar-refractivity contribution is 7.52. The number of aromatic nitrogens is 2. The number of rotatable bonds is 10. The van der Waals surface area contributed by atoms with Gasteiger partial charge in [-0.1, -0.05) is 36.4 Å².